The van der Waals surface area contributed by atoms with Crippen molar-refractivity contribution in [3.8, 4) is 17.2 Å². The molecule has 206 valence electrons. The van der Waals surface area contributed by atoms with E-state index in [-0.39, 0.29) is 31.9 Å². The lowest BCUT2D eigenvalue weighted by atomic mass is 10.1. The van der Waals surface area contributed by atoms with E-state index in [2.05, 4.69) is 10.1 Å². The number of nitrogens with one attached hydrogen (secondary N) is 1. The maximum Gasteiger partial charge on any atom is 0.573 e. The Labute approximate surface area is 221 Å². The van der Waals surface area contributed by atoms with Crippen molar-refractivity contribution in [2.24, 2.45) is 0 Å². The summed E-state index contributed by atoms with van der Waals surface area (Å²) >= 11 is 6.15. The predicted molar refractivity (Wildman–Crippen MR) is 128 cm³/mol. The molecule has 4 rings (SSSR count). The van der Waals surface area contributed by atoms with Crippen LogP contribution in [0, 0.1) is 0 Å². The number of aliphatic hydroxyl groups excluding tert-OH is 1. The van der Waals surface area contributed by atoms with Crippen molar-refractivity contribution in [1.82, 2.24) is 20.0 Å². The number of imide groups is 1. The summed E-state index contributed by atoms with van der Waals surface area (Å²) in [5.74, 6) is -0.521. The van der Waals surface area contributed by atoms with E-state index in [4.69, 9.17) is 21.1 Å². The number of carbonyl (C=O) groups is 2. The second-order valence-corrected chi connectivity index (χ2v) is 9.06. The summed E-state index contributed by atoms with van der Waals surface area (Å²) in [5.41, 5.74) is 0.700. The van der Waals surface area contributed by atoms with Crippen LogP contribution in [0.15, 0.2) is 42.5 Å². The molecule has 2 aromatic carbocycles. The van der Waals surface area contributed by atoms with Gasteiger partial charge in [0, 0.05) is 32.8 Å². The number of likely N-dealkylation sites (N-methyl/N-ethyl adjacent to an activating group) is 1. The van der Waals surface area contributed by atoms with E-state index >= 15 is 0 Å². The van der Waals surface area contributed by atoms with Crippen molar-refractivity contribution in [3.63, 3.8) is 0 Å². The third-order valence-electron chi connectivity index (χ3n) is 6.15. The summed E-state index contributed by atoms with van der Waals surface area (Å²) in [4.78, 5) is 30.5. The molecule has 2 unspecified atom stereocenters. The number of hydrogen-bond acceptors (Lipinski definition) is 8. The fourth-order valence-corrected chi connectivity index (χ4v) is 4.62. The van der Waals surface area contributed by atoms with Crippen LogP contribution < -0.4 is 19.5 Å². The van der Waals surface area contributed by atoms with Crippen LogP contribution in [0.1, 0.15) is 12.0 Å². The summed E-state index contributed by atoms with van der Waals surface area (Å²) in [6.07, 6.45) is -6.50. The molecule has 2 saturated heterocycles. The molecule has 3 amide bonds. The lowest BCUT2D eigenvalue weighted by Crippen LogP contribution is -2.66. The summed E-state index contributed by atoms with van der Waals surface area (Å²) in [6.45, 7) is -0.0527. The summed E-state index contributed by atoms with van der Waals surface area (Å²) in [5, 5.41) is 12.7. The van der Waals surface area contributed by atoms with Gasteiger partial charge < -0.3 is 24.2 Å². The maximum absolute atomic E-state index is 13.5. The highest BCUT2D eigenvalue weighted by Gasteiger charge is 2.54. The second-order valence-electron chi connectivity index (χ2n) is 8.65. The van der Waals surface area contributed by atoms with Crippen molar-refractivity contribution >= 4 is 23.5 Å². The van der Waals surface area contributed by atoms with E-state index in [0.29, 0.717) is 16.3 Å². The molecule has 0 saturated carbocycles. The van der Waals surface area contributed by atoms with Crippen molar-refractivity contribution < 1.29 is 42.1 Å². The van der Waals surface area contributed by atoms with Gasteiger partial charge in [-0.15, -0.1) is 13.2 Å². The lowest BCUT2D eigenvalue weighted by molar-refractivity contribution is -0.274. The summed E-state index contributed by atoms with van der Waals surface area (Å²) < 4.78 is 53.4. The van der Waals surface area contributed by atoms with Gasteiger partial charge in [0.05, 0.1) is 12.1 Å². The molecule has 2 aliphatic rings. The number of rotatable bonds is 9. The molecule has 2 aliphatic heterocycles. The third-order valence-corrected chi connectivity index (χ3v) is 6.46. The molecule has 2 heterocycles. The molecule has 0 bridgehead atoms. The molecule has 3 atom stereocenters. The number of benzene rings is 2. The molecule has 2 fully saturated rings. The minimum absolute atomic E-state index is 0.0205. The third kappa shape index (κ3) is 5.90. The first kappa shape index (κ1) is 27.8. The van der Waals surface area contributed by atoms with Gasteiger partial charge in [0.1, 0.15) is 29.5 Å². The van der Waals surface area contributed by atoms with Crippen LogP contribution in [0.3, 0.4) is 0 Å². The summed E-state index contributed by atoms with van der Waals surface area (Å²) in [6, 6.07) is 8.60. The van der Waals surface area contributed by atoms with Gasteiger partial charge in [0.25, 0.3) is 5.91 Å². The molecule has 10 nitrogen and oxygen atoms in total. The van der Waals surface area contributed by atoms with Gasteiger partial charge >= 0.3 is 12.4 Å². The minimum Gasteiger partial charge on any atom is -0.495 e. The summed E-state index contributed by atoms with van der Waals surface area (Å²) in [7, 11) is 2.99. The monoisotopic (exact) mass is 558 g/mol. The van der Waals surface area contributed by atoms with E-state index in [0.717, 1.165) is 17.0 Å². The van der Waals surface area contributed by atoms with E-state index in [9.17, 15) is 27.9 Å². The quantitative estimate of drug-likeness (QED) is 0.484. The molecule has 0 aromatic heterocycles. The van der Waals surface area contributed by atoms with Crippen LogP contribution in [0.5, 0.6) is 17.2 Å². The number of aliphatic hydroxyl groups is 1. The van der Waals surface area contributed by atoms with Gasteiger partial charge in [0.15, 0.2) is 0 Å². The SMILES string of the molecule is COc1cc(CN2C(Oc3cccc(OC(F)(F)F)c3)N[C@H]3C2C(=O)N(CCCO)C(=O)N3C)ccc1Cl. The van der Waals surface area contributed by atoms with Crippen LogP contribution in [0.2, 0.25) is 5.02 Å². The van der Waals surface area contributed by atoms with Gasteiger partial charge in [-0.05, 0) is 36.2 Å². The zero-order chi connectivity index (χ0) is 27.6. The predicted octanol–water partition coefficient (Wildman–Crippen LogP) is 2.99. The zero-order valence-corrected chi connectivity index (χ0v) is 21.2. The Morgan fingerprint density at radius 2 is 1.87 bits per heavy atom. The molecule has 2 aromatic rings. The van der Waals surface area contributed by atoms with Gasteiger partial charge in [-0.25, -0.2) is 15.0 Å². The number of alkyl halides is 3. The smallest absolute Gasteiger partial charge is 0.495 e. The Kier molecular flexibility index (Phi) is 8.21. The number of methoxy groups -OCH3 is 1. The minimum atomic E-state index is -4.88. The highest BCUT2D eigenvalue weighted by atomic mass is 35.5. The number of halogens is 4. The van der Waals surface area contributed by atoms with Crippen LogP contribution in [-0.4, -0.2) is 84.0 Å². The highest BCUT2D eigenvalue weighted by molar-refractivity contribution is 6.32. The Bertz CT molecular complexity index is 1190. The maximum atomic E-state index is 13.5. The standard InChI is InChI=1S/C24H26ClF3N4O6/c1-30-20-19(21(34)31(23(30)35)9-4-10-33)32(13-14-7-8-17(25)18(11-14)36-2)22(29-20)37-15-5-3-6-16(12-15)38-24(26,27)28/h3,5-8,11-12,19-20,22,29,33H,4,9-10,13H2,1-2H3/t19?,20-,22?/m1/s1. The van der Waals surface area contributed by atoms with E-state index < -0.39 is 42.6 Å². The van der Waals surface area contributed by atoms with Crippen LogP contribution in [-0.2, 0) is 11.3 Å². The number of amides is 3. The second kappa shape index (κ2) is 11.2. The van der Waals surface area contributed by atoms with Gasteiger partial charge in [0.2, 0.25) is 6.35 Å². The normalized spacial score (nSPS) is 22.0. The van der Waals surface area contributed by atoms with Crippen molar-refractivity contribution in [2.75, 3.05) is 27.3 Å². The van der Waals surface area contributed by atoms with Crippen LogP contribution in [0.25, 0.3) is 0 Å². The Balaban J connectivity index is 1.67. The van der Waals surface area contributed by atoms with Crippen molar-refractivity contribution in [1.29, 1.82) is 0 Å². The highest BCUT2D eigenvalue weighted by Crippen LogP contribution is 2.33. The Morgan fingerprint density at radius 1 is 1.13 bits per heavy atom. The molecule has 0 spiro atoms. The number of ether oxygens (including phenoxy) is 3. The average molecular weight is 559 g/mol. The lowest BCUT2D eigenvalue weighted by Gasteiger charge is -2.41. The van der Waals surface area contributed by atoms with Gasteiger partial charge in [-0.3, -0.25) is 9.69 Å². The molecule has 2 N–H and O–H groups in total. The number of fused-ring (bicyclic) bond motifs is 1. The first-order valence-electron chi connectivity index (χ1n) is 11.6. The van der Waals surface area contributed by atoms with Crippen LogP contribution in [0.4, 0.5) is 18.0 Å². The van der Waals surface area contributed by atoms with E-state index in [1.807, 2.05) is 0 Å². The fraction of sp³-hybridized carbons (Fsp3) is 0.417. The van der Waals surface area contributed by atoms with Crippen LogP contribution >= 0.6 is 11.6 Å². The molecular weight excluding hydrogens is 533 g/mol. The first-order valence-corrected chi connectivity index (χ1v) is 12.0. The number of nitrogens with zero attached hydrogens (tertiary/aromatic N) is 3. The molecule has 0 radical (unpaired) electrons. The van der Waals surface area contributed by atoms with E-state index in [1.54, 1.807) is 23.1 Å². The van der Waals surface area contributed by atoms with Gasteiger partial charge in [-0.1, -0.05) is 23.7 Å². The number of carbonyl (C=O) groups excluding carboxylic acids is 2. The molecule has 38 heavy (non-hydrogen) atoms. The number of hydrogen-bond donors (Lipinski definition) is 2. The van der Waals surface area contributed by atoms with E-state index in [1.165, 1.54) is 31.2 Å². The molecular formula is C24H26ClF3N4O6. The van der Waals surface area contributed by atoms with Gasteiger partial charge in [-0.2, -0.15) is 0 Å². The Hall–Kier alpha value is -3.26. The Morgan fingerprint density at radius 3 is 2.55 bits per heavy atom. The average Bonchev–Trinajstić information content (AvgIpc) is 3.20. The first-order chi connectivity index (χ1) is 18.0. The molecule has 0 aliphatic carbocycles. The van der Waals surface area contributed by atoms with Crippen molar-refractivity contribution in [2.45, 2.75) is 37.9 Å². The zero-order valence-electron chi connectivity index (χ0n) is 20.4. The largest absolute Gasteiger partial charge is 0.573 e. The topological polar surface area (TPSA) is 104 Å². The van der Waals surface area contributed by atoms with Crippen molar-refractivity contribution in [3.05, 3.63) is 53.1 Å². The molecule has 14 heteroatoms. The fourth-order valence-electron chi connectivity index (χ4n) is 4.43. The number of urea groups is 1.